The molecule has 0 aliphatic carbocycles. The topological polar surface area (TPSA) is 26.3 Å². The first kappa shape index (κ1) is 20.5. The van der Waals surface area contributed by atoms with Crippen LogP contribution in [0.15, 0.2) is 78.9 Å². The van der Waals surface area contributed by atoms with Crippen LogP contribution in [0.1, 0.15) is 39.0 Å². The lowest BCUT2D eigenvalue weighted by atomic mass is 10.0. The summed E-state index contributed by atoms with van der Waals surface area (Å²) in [5, 5.41) is 0. The second kappa shape index (κ2) is 9.83. The van der Waals surface area contributed by atoms with Crippen LogP contribution in [0.25, 0.3) is 6.08 Å². The number of aryl methyl sites for hydroxylation is 3. The minimum Gasteiger partial charge on any atom is -0.455 e. The lowest BCUT2D eigenvalue weighted by Gasteiger charge is -2.15. The van der Waals surface area contributed by atoms with Crippen LogP contribution in [-0.2, 0) is 11.2 Å². The Morgan fingerprint density at radius 2 is 1.62 bits per heavy atom. The number of halogens is 1. The monoisotopic (exact) mass is 388 g/mol. The normalized spacial score (nSPS) is 12.1. The van der Waals surface area contributed by atoms with Crippen molar-refractivity contribution in [1.29, 1.82) is 0 Å². The lowest BCUT2D eigenvalue weighted by molar-refractivity contribution is 0.0382. The van der Waals surface area contributed by atoms with Gasteiger partial charge in [-0.1, -0.05) is 65.7 Å². The summed E-state index contributed by atoms with van der Waals surface area (Å²) in [6, 6.07) is 21.7. The van der Waals surface area contributed by atoms with Crippen molar-refractivity contribution in [2.75, 3.05) is 0 Å². The standard InChI is InChI=1S/C26H25FO2/c1-19-16-20(2)18-22(17-19)11-15-25(14-10-21-8-12-24(27)13-9-21)29-26(28)23-6-4-3-5-7-23/h3-10,12-14,16-18,25H,11,15H2,1-2H3/b14-10+/t25-/m0/s1. The summed E-state index contributed by atoms with van der Waals surface area (Å²) in [7, 11) is 0. The molecule has 3 aromatic carbocycles. The smallest absolute Gasteiger partial charge is 0.338 e. The zero-order valence-electron chi connectivity index (χ0n) is 16.8. The van der Waals surface area contributed by atoms with E-state index in [2.05, 4.69) is 32.0 Å². The third-order valence-electron chi connectivity index (χ3n) is 4.64. The van der Waals surface area contributed by atoms with Gasteiger partial charge < -0.3 is 4.74 Å². The summed E-state index contributed by atoms with van der Waals surface area (Å²) in [5.74, 6) is -0.621. The molecule has 148 valence electrons. The minimum atomic E-state index is -0.381. The van der Waals surface area contributed by atoms with Gasteiger partial charge >= 0.3 is 5.97 Å². The number of hydrogen-bond acceptors (Lipinski definition) is 2. The molecule has 0 saturated heterocycles. The summed E-state index contributed by atoms with van der Waals surface area (Å²) in [5.41, 5.74) is 5.05. The summed E-state index contributed by atoms with van der Waals surface area (Å²) in [6.07, 6.45) is 4.82. The van der Waals surface area contributed by atoms with E-state index < -0.39 is 0 Å². The first-order valence-corrected chi connectivity index (χ1v) is 9.76. The number of benzene rings is 3. The van der Waals surface area contributed by atoms with Crippen molar-refractivity contribution in [3.05, 3.63) is 113 Å². The Morgan fingerprint density at radius 3 is 2.28 bits per heavy atom. The Balaban J connectivity index is 1.74. The van der Waals surface area contributed by atoms with Gasteiger partial charge in [0.15, 0.2) is 0 Å². The highest BCUT2D eigenvalue weighted by molar-refractivity contribution is 5.89. The molecule has 0 amide bonds. The molecule has 3 rings (SSSR count). The molecule has 0 unspecified atom stereocenters. The number of ether oxygens (including phenoxy) is 1. The second-order valence-corrected chi connectivity index (χ2v) is 7.26. The van der Waals surface area contributed by atoms with E-state index in [-0.39, 0.29) is 17.9 Å². The number of hydrogen-bond donors (Lipinski definition) is 0. The van der Waals surface area contributed by atoms with Gasteiger partial charge in [-0.3, -0.25) is 0 Å². The average Bonchev–Trinajstić information content (AvgIpc) is 2.71. The summed E-state index contributed by atoms with van der Waals surface area (Å²) < 4.78 is 18.9. The molecule has 1 atom stereocenters. The van der Waals surface area contributed by atoms with Crippen LogP contribution in [0.4, 0.5) is 4.39 Å². The molecule has 0 fully saturated rings. The molecule has 0 radical (unpaired) electrons. The van der Waals surface area contributed by atoms with Crippen LogP contribution >= 0.6 is 0 Å². The highest BCUT2D eigenvalue weighted by Crippen LogP contribution is 2.16. The Hall–Kier alpha value is -3.20. The van der Waals surface area contributed by atoms with Gasteiger partial charge in [0.1, 0.15) is 11.9 Å². The van der Waals surface area contributed by atoms with Gasteiger partial charge in [0, 0.05) is 0 Å². The number of rotatable bonds is 7. The van der Waals surface area contributed by atoms with Crippen molar-refractivity contribution in [2.45, 2.75) is 32.8 Å². The molecule has 2 nitrogen and oxygen atoms in total. The number of esters is 1. The Bertz CT molecular complexity index is 955. The summed E-state index contributed by atoms with van der Waals surface area (Å²) >= 11 is 0. The molecule has 3 aromatic rings. The van der Waals surface area contributed by atoms with Gasteiger partial charge in [0.2, 0.25) is 0 Å². The van der Waals surface area contributed by atoms with E-state index in [0.29, 0.717) is 12.0 Å². The maximum atomic E-state index is 13.1. The van der Waals surface area contributed by atoms with Crippen molar-refractivity contribution in [3.8, 4) is 0 Å². The van der Waals surface area contributed by atoms with E-state index in [1.54, 1.807) is 24.3 Å². The Kier molecular flexibility index (Phi) is 6.96. The van der Waals surface area contributed by atoms with E-state index in [1.807, 2.05) is 30.4 Å². The maximum absolute atomic E-state index is 13.1. The van der Waals surface area contributed by atoms with Crippen LogP contribution in [0, 0.1) is 19.7 Å². The van der Waals surface area contributed by atoms with Gasteiger partial charge in [-0.05, 0) is 68.2 Å². The average molecular weight is 388 g/mol. The lowest BCUT2D eigenvalue weighted by Crippen LogP contribution is -2.17. The molecule has 0 saturated carbocycles. The first-order chi connectivity index (χ1) is 14.0. The largest absolute Gasteiger partial charge is 0.455 e. The van der Waals surface area contributed by atoms with Crippen LogP contribution in [0.5, 0.6) is 0 Å². The van der Waals surface area contributed by atoms with Crippen LogP contribution in [0.2, 0.25) is 0 Å². The Labute approximate surface area is 171 Å². The Morgan fingerprint density at radius 1 is 0.966 bits per heavy atom. The van der Waals surface area contributed by atoms with E-state index in [1.165, 1.54) is 28.8 Å². The second-order valence-electron chi connectivity index (χ2n) is 7.26. The van der Waals surface area contributed by atoms with Gasteiger partial charge in [-0.25, -0.2) is 9.18 Å². The predicted octanol–water partition coefficient (Wildman–Crippen LogP) is 6.31. The van der Waals surface area contributed by atoms with Gasteiger partial charge in [0.25, 0.3) is 0 Å². The number of carbonyl (C=O) groups excluding carboxylic acids is 1. The molecule has 0 aromatic heterocycles. The summed E-state index contributed by atoms with van der Waals surface area (Å²) in [6.45, 7) is 4.16. The van der Waals surface area contributed by atoms with Gasteiger partial charge in [-0.2, -0.15) is 0 Å². The fraction of sp³-hybridized carbons (Fsp3) is 0.192. The van der Waals surface area contributed by atoms with Crippen molar-refractivity contribution < 1.29 is 13.9 Å². The highest BCUT2D eigenvalue weighted by Gasteiger charge is 2.14. The predicted molar refractivity (Wildman–Crippen MR) is 115 cm³/mol. The van der Waals surface area contributed by atoms with E-state index in [9.17, 15) is 9.18 Å². The molecular formula is C26H25FO2. The van der Waals surface area contributed by atoms with Crippen molar-refractivity contribution in [1.82, 2.24) is 0 Å². The minimum absolute atomic E-state index is 0.274. The highest BCUT2D eigenvalue weighted by atomic mass is 19.1. The van der Waals surface area contributed by atoms with Crippen molar-refractivity contribution in [2.24, 2.45) is 0 Å². The molecule has 0 spiro atoms. The van der Waals surface area contributed by atoms with Crippen molar-refractivity contribution >= 4 is 12.0 Å². The third-order valence-corrected chi connectivity index (χ3v) is 4.64. The SMILES string of the molecule is Cc1cc(C)cc(CC[C@H](/C=C/c2ccc(F)cc2)OC(=O)c2ccccc2)c1. The quantitative estimate of drug-likeness (QED) is 0.443. The molecule has 0 aliphatic rings. The summed E-state index contributed by atoms with van der Waals surface area (Å²) in [4.78, 5) is 12.5. The zero-order chi connectivity index (χ0) is 20.6. The van der Waals surface area contributed by atoms with Crippen molar-refractivity contribution in [3.63, 3.8) is 0 Å². The van der Waals surface area contributed by atoms with E-state index >= 15 is 0 Å². The van der Waals surface area contributed by atoms with Gasteiger partial charge in [-0.15, -0.1) is 0 Å². The van der Waals surface area contributed by atoms with E-state index in [0.717, 1.165) is 12.0 Å². The zero-order valence-corrected chi connectivity index (χ0v) is 16.8. The molecule has 0 N–H and O–H groups in total. The molecule has 0 heterocycles. The molecule has 29 heavy (non-hydrogen) atoms. The van der Waals surface area contributed by atoms with Crippen LogP contribution in [-0.4, -0.2) is 12.1 Å². The number of carbonyl (C=O) groups is 1. The third kappa shape index (κ3) is 6.42. The molecule has 0 aliphatic heterocycles. The maximum Gasteiger partial charge on any atom is 0.338 e. The van der Waals surface area contributed by atoms with Crippen LogP contribution < -0.4 is 0 Å². The molecular weight excluding hydrogens is 363 g/mol. The van der Waals surface area contributed by atoms with Crippen LogP contribution in [0.3, 0.4) is 0 Å². The first-order valence-electron chi connectivity index (χ1n) is 9.76. The fourth-order valence-corrected chi connectivity index (χ4v) is 3.29. The molecule has 3 heteroatoms. The fourth-order valence-electron chi connectivity index (χ4n) is 3.29. The molecule has 0 bridgehead atoms. The van der Waals surface area contributed by atoms with E-state index in [4.69, 9.17) is 4.74 Å². The van der Waals surface area contributed by atoms with Gasteiger partial charge in [0.05, 0.1) is 5.56 Å².